The molecule has 2 unspecified atom stereocenters. The lowest BCUT2D eigenvalue weighted by Crippen LogP contribution is -2.32. The van der Waals surface area contributed by atoms with Gasteiger partial charge in [-0.2, -0.15) is 0 Å². The van der Waals surface area contributed by atoms with Crippen LogP contribution in [-0.2, 0) is 0 Å². The molecular formula is C14H21N3O2. The molecule has 5 nitrogen and oxygen atoms in total. The molecule has 1 heterocycles. The van der Waals surface area contributed by atoms with Crippen LogP contribution in [0.15, 0.2) is 24.3 Å². The van der Waals surface area contributed by atoms with Crippen molar-refractivity contribution in [3.8, 4) is 0 Å². The molecule has 1 aliphatic heterocycles. The number of hydrogen-bond donors (Lipinski definition) is 1. The minimum Gasteiger partial charge on any atom is -0.330 e. The van der Waals surface area contributed by atoms with Crippen LogP contribution in [0.1, 0.15) is 30.9 Å². The van der Waals surface area contributed by atoms with Crippen molar-refractivity contribution < 1.29 is 4.92 Å². The highest BCUT2D eigenvalue weighted by Gasteiger charge is 2.28. The van der Waals surface area contributed by atoms with Crippen LogP contribution in [0.4, 0.5) is 5.69 Å². The fraction of sp³-hybridized carbons (Fsp3) is 0.571. The highest BCUT2D eigenvalue weighted by atomic mass is 16.6. The Morgan fingerprint density at radius 3 is 2.63 bits per heavy atom. The maximum Gasteiger partial charge on any atom is 0.269 e. The summed E-state index contributed by atoms with van der Waals surface area (Å²) in [6.07, 6.45) is 3.52. The van der Waals surface area contributed by atoms with Crippen molar-refractivity contribution in [2.24, 2.45) is 11.7 Å². The first-order chi connectivity index (χ1) is 9.13. The highest BCUT2D eigenvalue weighted by molar-refractivity contribution is 5.34. The zero-order valence-corrected chi connectivity index (χ0v) is 11.3. The van der Waals surface area contributed by atoms with Gasteiger partial charge in [0.15, 0.2) is 0 Å². The Balaban J connectivity index is 2.27. The van der Waals surface area contributed by atoms with E-state index in [1.54, 1.807) is 12.1 Å². The van der Waals surface area contributed by atoms with Crippen molar-refractivity contribution in [1.29, 1.82) is 0 Å². The molecule has 0 amide bonds. The van der Waals surface area contributed by atoms with Gasteiger partial charge in [-0.15, -0.1) is 0 Å². The number of rotatable bonds is 3. The lowest BCUT2D eigenvalue weighted by atomic mass is 9.89. The second kappa shape index (κ2) is 6.12. The average Bonchev–Trinajstić information content (AvgIpc) is 2.60. The first kappa shape index (κ1) is 14.0. The van der Waals surface area contributed by atoms with Gasteiger partial charge in [-0.1, -0.05) is 18.6 Å². The molecular weight excluding hydrogens is 242 g/mol. The number of nitro groups is 1. The molecule has 0 bridgehead atoms. The van der Waals surface area contributed by atoms with E-state index in [-0.39, 0.29) is 16.7 Å². The van der Waals surface area contributed by atoms with Gasteiger partial charge >= 0.3 is 0 Å². The molecule has 104 valence electrons. The fourth-order valence-electron chi connectivity index (χ4n) is 2.99. The van der Waals surface area contributed by atoms with Crippen molar-refractivity contribution in [2.45, 2.75) is 25.3 Å². The second-order valence-corrected chi connectivity index (χ2v) is 5.27. The van der Waals surface area contributed by atoms with E-state index in [1.807, 2.05) is 12.1 Å². The zero-order valence-electron chi connectivity index (χ0n) is 11.3. The van der Waals surface area contributed by atoms with Crippen LogP contribution in [0.25, 0.3) is 0 Å². The number of non-ortho nitro benzene ring substituents is 1. The van der Waals surface area contributed by atoms with E-state index in [4.69, 9.17) is 5.73 Å². The molecule has 0 aliphatic carbocycles. The molecule has 0 radical (unpaired) electrons. The first-order valence-electron chi connectivity index (χ1n) is 6.78. The van der Waals surface area contributed by atoms with Gasteiger partial charge in [0.2, 0.25) is 0 Å². The average molecular weight is 263 g/mol. The minimum atomic E-state index is -0.360. The summed E-state index contributed by atoms with van der Waals surface area (Å²) in [7, 11) is 2.11. The molecule has 1 saturated heterocycles. The summed E-state index contributed by atoms with van der Waals surface area (Å²) in [6.45, 7) is 1.71. The van der Waals surface area contributed by atoms with E-state index in [1.165, 1.54) is 12.8 Å². The summed E-state index contributed by atoms with van der Waals surface area (Å²) in [5.74, 6) is 0.425. The van der Waals surface area contributed by atoms with Gasteiger partial charge < -0.3 is 5.73 Å². The first-order valence-corrected chi connectivity index (χ1v) is 6.78. The van der Waals surface area contributed by atoms with Crippen LogP contribution in [0, 0.1) is 16.0 Å². The molecule has 2 N–H and O–H groups in total. The van der Waals surface area contributed by atoms with E-state index in [0.717, 1.165) is 18.5 Å². The number of nitro benzene ring substituents is 1. The van der Waals surface area contributed by atoms with Crippen LogP contribution >= 0.6 is 0 Å². The molecule has 0 spiro atoms. The minimum absolute atomic E-state index is 0.143. The lowest BCUT2D eigenvalue weighted by molar-refractivity contribution is -0.384. The Labute approximate surface area is 113 Å². The van der Waals surface area contributed by atoms with Crippen LogP contribution in [-0.4, -0.2) is 30.0 Å². The topological polar surface area (TPSA) is 72.4 Å². The molecule has 0 saturated carbocycles. The third-order valence-electron chi connectivity index (χ3n) is 4.01. The third kappa shape index (κ3) is 3.11. The summed E-state index contributed by atoms with van der Waals surface area (Å²) in [5, 5.41) is 10.7. The summed E-state index contributed by atoms with van der Waals surface area (Å²) in [4.78, 5) is 12.7. The van der Waals surface area contributed by atoms with Crippen molar-refractivity contribution >= 4 is 5.69 Å². The predicted octanol–water partition coefficient (Wildman–Crippen LogP) is 2.33. The van der Waals surface area contributed by atoms with Crippen LogP contribution in [0.5, 0.6) is 0 Å². The fourth-order valence-corrected chi connectivity index (χ4v) is 2.99. The molecule has 1 aromatic carbocycles. The summed E-state index contributed by atoms with van der Waals surface area (Å²) < 4.78 is 0. The maximum atomic E-state index is 10.7. The Kier molecular flexibility index (Phi) is 4.50. The normalized spacial score (nSPS) is 24.9. The van der Waals surface area contributed by atoms with E-state index in [2.05, 4.69) is 11.9 Å². The van der Waals surface area contributed by atoms with Gasteiger partial charge in [0.25, 0.3) is 5.69 Å². The van der Waals surface area contributed by atoms with Crippen molar-refractivity contribution in [1.82, 2.24) is 4.90 Å². The third-order valence-corrected chi connectivity index (χ3v) is 4.01. The number of nitrogens with zero attached hydrogens (tertiary/aromatic N) is 2. The molecule has 1 fully saturated rings. The number of benzene rings is 1. The number of nitrogens with two attached hydrogens (primary N) is 1. The molecule has 5 heteroatoms. The van der Waals surface area contributed by atoms with Gasteiger partial charge in [-0.25, -0.2) is 0 Å². The van der Waals surface area contributed by atoms with Crippen LogP contribution < -0.4 is 5.73 Å². The standard InChI is InChI=1S/C14H21N3O2/c1-16-9-3-2-4-12(10-15)14(16)11-5-7-13(8-6-11)17(18)19/h5-8,12,14H,2-4,9-10,15H2,1H3. The summed E-state index contributed by atoms with van der Waals surface area (Å²) in [6, 6.07) is 7.18. The van der Waals surface area contributed by atoms with Crippen LogP contribution in [0.2, 0.25) is 0 Å². The smallest absolute Gasteiger partial charge is 0.269 e. The molecule has 19 heavy (non-hydrogen) atoms. The highest BCUT2D eigenvalue weighted by Crippen LogP contribution is 2.34. The van der Waals surface area contributed by atoms with Crippen LogP contribution in [0.3, 0.4) is 0 Å². The molecule has 2 atom stereocenters. The second-order valence-electron chi connectivity index (χ2n) is 5.27. The summed E-state index contributed by atoms with van der Waals surface area (Å²) >= 11 is 0. The van der Waals surface area contributed by atoms with Crippen molar-refractivity contribution in [3.63, 3.8) is 0 Å². The molecule has 2 rings (SSSR count). The van der Waals surface area contributed by atoms with Gasteiger partial charge in [0.1, 0.15) is 0 Å². The Morgan fingerprint density at radius 1 is 1.37 bits per heavy atom. The predicted molar refractivity (Wildman–Crippen MR) is 74.9 cm³/mol. The monoisotopic (exact) mass is 263 g/mol. The number of hydrogen-bond acceptors (Lipinski definition) is 4. The molecule has 1 aromatic rings. The molecule has 0 aromatic heterocycles. The largest absolute Gasteiger partial charge is 0.330 e. The van der Waals surface area contributed by atoms with Gasteiger partial charge in [0, 0.05) is 18.2 Å². The van der Waals surface area contributed by atoms with E-state index in [9.17, 15) is 10.1 Å². The maximum absolute atomic E-state index is 10.7. The zero-order chi connectivity index (χ0) is 13.8. The van der Waals surface area contributed by atoms with E-state index in [0.29, 0.717) is 12.5 Å². The van der Waals surface area contributed by atoms with Gasteiger partial charge in [-0.05, 0) is 44.5 Å². The van der Waals surface area contributed by atoms with Crippen molar-refractivity contribution in [3.05, 3.63) is 39.9 Å². The molecule has 1 aliphatic rings. The van der Waals surface area contributed by atoms with E-state index < -0.39 is 0 Å². The van der Waals surface area contributed by atoms with Gasteiger partial charge in [-0.3, -0.25) is 15.0 Å². The number of likely N-dealkylation sites (tertiary alicyclic amines) is 1. The quantitative estimate of drug-likeness (QED) is 0.671. The Bertz CT molecular complexity index is 433. The Hall–Kier alpha value is -1.46. The van der Waals surface area contributed by atoms with Crippen molar-refractivity contribution in [2.75, 3.05) is 20.1 Å². The Morgan fingerprint density at radius 2 is 2.05 bits per heavy atom. The van der Waals surface area contributed by atoms with E-state index >= 15 is 0 Å². The SMILES string of the molecule is CN1CCCCC(CN)C1c1ccc([N+](=O)[O-])cc1. The van der Waals surface area contributed by atoms with Gasteiger partial charge in [0.05, 0.1) is 4.92 Å². The lowest BCUT2D eigenvalue weighted by Gasteiger charge is -2.32. The summed E-state index contributed by atoms with van der Waals surface area (Å²) in [5.41, 5.74) is 7.18.